The first kappa shape index (κ1) is 19.2. The molecule has 0 bridgehead atoms. The number of hydrogen-bond donors (Lipinski definition) is 2. The van der Waals surface area contributed by atoms with Gasteiger partial charge in [-0.05, 0) is 48.4 Å². The van der Waals surface area contributed by atoms with Gasteiger partial charge in [0.15, 0.2) is 5.76 Å². The normalized spacial score (nSPS) is 10.3. The third-order valence-corrected chi connectivity index (χ3v) is 4.01. The van der Waals surface area contributed by atoms with E-state index in [0.29, 0.717) is 31.7 Å². The molecule has 0 saturated carbocycles. The van der Waals surface area contributed by atoms with Crippen molar-refractivity contribution in [2.24, 2.45) is 0 Å². The molecule has 6 heteroatoms. The van der Waals surface area contributed by atoms with Crippen molar-refractivity contribution >= 4 is 17.5 Å². The van der Waals surface area contributed by atoms with E-state index in [-0.39, 0.29) is 17.6 Å². The molecule has 0 aliphatic rings. The Morgan fingerprint density at radius 3 is 2.43 bits per heavy atom. The maximum atomic E-state index is 11.9. The Labute approximate surface area is 163 Å². The van der Waals surface area contributed by atoms with Crippen LogP contribution in [0.5, 0.6) is 5.75 Å². The fraction of sp³-hybridized carbons (Fsp3) is 0.182. The quantitative estimate of drug-likeness (QED) is 0.552. The van der Waals surface area contributed by atoms with Crippen molar-refractivity contribution in [3.8, 4) is 5.75 Å². The molecule has 0 spiro atoms. The number of carbonyl (C=O) groups excluding carboxylic acids is 2. The van der Waals surface area contributed by atoms with Crippen molar-refractivity contribution < 1.29 is 18.7 Å². The van der Waals surface area contributed by atoms with Gasteiger partial charge in [-0.25, -0.2) is 0 Å². The van der Waals surface area contributed by atoms with Gasteiger partial charge >= 0.3 is 0 Å². The van der Waals surface area contributed by atoms with Crippen LogP contribution in [0.2, 0.25) is 0 Å². The van der Waals surface area contributed by atoms with E-state index >= 15 is 0 Å². The van der Waals surface area contributed by atoms with Crippen LogP contribution in [0.15, 0.2) is 77.4 Å². The minimum atomic E-state index is -0.302. The summed E-state index contributed by atoms with van der Waals surface area (Å²) < 4.78 is 10.6. The van der Waals surface area contributed by atoms with Gasteiger partial charge in [-0.1, -0.05) is 30.3 Å². The Kier molecular flexibility index (Phi) is 6.84. The van der Waals surface area contributed by atoms with Crippen molar-refractivity contribution in [1.82, 2.24) is 5.32 Å². The van der Waals surface area contributed by atoms with Gasteiger partial charge < -0.3 is 19.8 Å². The first-order valence-electron chi connectivity index (χ1n) is 9.09. The van der Waals surface area contributed by atoms with E-state index in [1.807, 2.05) is 42.5 Å². The van der Waals surface area contributed by atoms with Crippen LogP contribution < -0.4 is 15.4 Å². The van der Waals surface area contributed by atoms with Crippen LogP contribution >= 0.6 is 0 Å². The van der Waals surface area contributed by atoms with Crippen molar-refractivity contribution in [3.63, 3.8) is 0 Å². The van der Waals surface area contributed by atoms with Gasteiger partial charge in [-0.2, -0.15) is 0 Å². The molecule has 0 aliphatic carbocycles. The Bertz CT molecular complexity index is 875. The molecular formula is C22H22N2O4. The number of amides is 2. The van der Waals surface area contributed by atoms with Gasteiger partial charge in [0.2, 0.25) is 5.91 Å². The molecule has 28 heavy (non-hydrogen) atoms. The fourth-order valence-electron chi connectivity index (χ4n) is 2.53. The second kappa shape index (κ2) is 9.97. The topological polar surface area (TPSA) is 80.6 Å². The minimum Gasteiger partial charge on any atom is -0.494 e. The number of anilines is 1. The molecule has 2 N–H and O–H groups in total. The Balaban J connectivity index is 1.35. The van der Waals surface area contributed by atoms with E-state index in [4.69, 9.17) is 9.15 Å². The molecule has 0 saturated heterocycles. The van der Waals surface area contributed by atoms with E-state index in [2.05, 4.69) is 10.6 Å². The van der Waals surface area contributed by atoms with Crippen molar-refractivity contribution in [2.75, 3.05) is 11.9 Å². The molecule has 1 heterocycles. The zero-order valence-electron chi connectivity index (χ0n) is 15.4. The monoisotopic (exact) mass is 378 g/mol. The first-order valence-corrected chi connectivity index (χ1v) is 9.09. The molecule has 0 radical (unpaired) electrons. The highest BCUT2D eigenvalue weighted by Gasteiger charge is 2.08. The van der Waals surface area contributed by atoms with E-state index in [1.54, 1.807) is 24.3 Å². The fourth-order valence-corrected chi connectivity index (χ4v) is 2.53. The summed E-state index contributed by atoms with van der Waals surface area (Å²) in [6, 6.07) is 20.1. The SMILES string of the molecule is O=C(CCCOc1ccccc1)NCc1ccc(NC(=O)c2ccco2)cc1. The van der Waals surface area contributed by atoms with Crippen LogP contribution in [0.1, 0.15) is 29.0 Å². The van der Waals surface area contributed by atoms with Crippen LogP contribution in [0.4, 0.5) is 5.69 Å². The summed E-state index contributed by atoms with van der Waals surface area (Å²) >= 11 is 0. The number of furan rings is 1. The Morgan fingerprint density at radius 1 is 0.929 bits per heavy atom. The summed E-state index contributed by atoms with van der Waals surface area (Å²) in [6.07, 6.45) is 2.51. The first-order chi connectivity index (χ1) is 13.7. The van der Waals surface area contributed by atoms with Gasteiger partial charge in [0.05, 0.1) is 12.9 Å². The van der Waals surface area contributed by atoms with Gasteiger partial charge in [-0.3, -0.25) is 9.59 Å². The van der Waals surface area contributed by atoms with Crippen LogP contribution in [-0.2, 0) is 11.3 Å². The maximum Gasteiger partial charge on any atom is 0.291 e. The number of carbonyl (C=O) groups is 2. The lowest BCUT2D eigenvalue weighted by Crippen LogP contribution is -2.23. The van der Waals surface area contributed by atoms with Crippen LogP contribution in [-0.4, -0.2) is 18.4 Å². The number of rotatable bonds is 9. The highest BCUT2D eigenvalue weighted by Crippen LogP contribution is 2.12. The highest BCUT2D eigenvalue weighted by atomic mass is 16.5. The Hall–Kier alpha value is -3.54. The van der Waals surface area contributed by atoms with Crippen molar-refractivity contribution in [3.05, 3.63) is 84.3 Å². The van der Waals surface area contributed by atoms with Gasteiger partial charge in [0.1, 0.15) is 5.75 Å². The number of benzene rings is 2. The third kappa shape index (κ3) is 6.02. The predicted molar refractivity (Wildman–Crippen MR) is 106 cm³/mol. The van der Waals surface area contributed by atoms with Gasteiger partial charge in [0.25, 0.3) is 5.91 Å². The molecule has 6 nitrogen and oxygen atoms in total. The lowest BCUT2D eigenvalue weighted by Gasteiger charge is -2.08. The molecule has 2 amide bonds. The summed E-state index contributed by atoms with van der Waals surface area (Å²) in [6.45, 7) is 0.937. The highest BCUT2D eigenvalue weighted by molar-refractivity contribution is 6.02. The summed E-state index contributed by atoms with van der Waals surface area (Å²) in [4.78, 5) is 23.9. The standard InChI is InChI=1S/C22H22N2O4/c25-21(9-5-14-27-19-6-2-1-3-7-19)23-16-17-10-12-18(13-11-17)24-22(26)20-8-4-15-28-20/h1-4,6-8,10-13,15H,5,9,14,16H2,(H,23,25)(H,24,26). The summed E-state index contributed by atoms with van der Waals surface area (Å²) in [5.41, 5.74) is 1.61. The molecule has 3 aromatic rings. The molecule has 3 rings (SSSR count). The predicted octanol–water partition coefficient (Wildman–Crippen LogP) is 4.01. The molecule has 0 fully saturated rings. The molecule has 0 unspecified atom stereocenters. The van der Waals surface area contributed by atoms with Gasteiger partial charge in [0, 0.05) is 18.7 Å². The largest absolute Gasteiger partial charge is 0.494 e. The molecule has 2 aromatic carbocycles. The third-order valence-electron chi connectivity index (χ3n) is 4.01. The van der Waals surface area contributed by atoms with Crippen molar-refractivity contribution in [1.29, 1.82) is 0 Å². The van der Waals surface area contributed by atoms with Crippen molar-refractivity contribution in [2.45, 2.75) is 19.4 Å². The number of ether oxygens (including phenoxy) is 1. The molecule has 144 valence electrons. The van der Waals surface area contributed by atoms with E-state index in [0.717, 1.165) is 11.3 Å². The number of para-hydroxylation sites is 1. The molecule has 0 aliphatic heterocycles. The summed E-state index contributed by atoms with van der Waals surface area (Å²) in [7, 11) is 0. The molecule has 0 atom stereocenters. The lowest BCUT2D eigenvalue weighted by molar-refractivity contribution is -0.121. The summed E-state index contributed by atoms with van der Waals surface area (Å²) in [5.74, 6) is 0.741. The minimum absolute atomic E-state index is 0.0214. The second-order valence-corrected chi connectivity index (χ2v) is 6.17. The summed E-state index contributed by atoms with van der Waals surface area (Å²) in [5, 5.41) is 5.63. The van der Waals surface area contributed by atoms with E-state index < -0.39 is 0 Å². The van der Waals surface area contributed by atoms with Crippen LogP contribution in [0.25, 0.3) is 0 Å². The van der Waals surface area contributed by atoms with Crippen LogP contribution in [0, 0.1) is 0 Å². The number of nitrogens with one attached hydrogen (secondary N) is 2. The van der Waals surface area contributed by atoms with Gasteiger partial charge in [-0.15, -0.1) is 0 Å². The zero-order valence-corrected chi connectivity index (χ0v) is 15.4. The number of hydrogen-bond acceptors (Lipinski definition) is 4. The molecular weight excluding hydrogens is 356 g/mol. The average molecular weight is 378 g/mol. The second-order valence-electron chi connectivity index (χ2n) is 6.17. The average Bonchev–Trinajstić information content (AvgIpc) is 3.27. The Morgan fingerprint density at radius 2 is 1.71 bits per heavy atom. The van der Waals surface area contributed by atoms with E-state index in [1.165, 1.54) is 6.26 Å². The zero-order chi connectivity index (χ0) is 19.6. The molecule has 1 aromatic heterocycles. The van der Waals surface area contributed by atoms with E-state index in [9.17, 15) is 9.59 Å². The smallest absolute Gasteiger partial charge is 0.291 e. The lowest BCUT2D eigenvalue weighted by atomic mass is 10.2. The van der Waals surface area contributed by atoms with Crippen LogP contribution in [0.3, 0.4) is 0 Å². The maximum absolute atomic E-state index is 11.9.